The van der Waals surface area contributed by atoms with E-state index in [1.807, 2.05) is 18.2 Å². The molecule has 0 saturated carbocycles. The summed E-state index contributed by atoms with van der Waals surface area (Å²) >= 11 is 3.40. The monoisotopic (exact) mass is 325 g/mol. The van der Waals surface area contributed by atoms with Gasteiger partial charge in [0, 0.05) is 4.47 Å². The summed E-state index contributed by atoms with van der Waals surface area (Å²) in [6.45, 7) is 4.10. The first kappa shape index (κ1) is 13.9. The summed E-state index contributed by atoms with van der Waals surface area (Å²) in [4.78, 5) is 18.5. The molecule has 2 rings (SSSR count). The second-order valence-corrected chi connectivity index (χ2v) is 5.83. The number of nitrogens with one attached hydrogen (secondary N) is 2. The van der Waals surface area contributed by atoms with E-state index in [-0.39, 0.29) is 6.04 Å². The number of imidazole rings is 1. The number of hydrogen-bond donors (Lipinski definition) is 3. The number of carboxylic acid groups (broad SMARTS) is 1. The van der Waals surface area contributed by atoms with Crippen molar-refractivity contribution in [3.05, 3.63) is 28.5 Å². The molecule has 102 valence electrons. The zero-order valence-electron chi connectivity index (χ0n) is 10.8. The van der Waals surface area contributed by atoms with E-state index in [0.29, 0.717) is 18.2 Å². The molecular formula is C13H16BrN3O2. The Morgan fingerprint density at radius 3 is 2.89 bits per heavy atom. The van der Waals surface area contributed by atoms with Crippen LogP contribution < -0.4 is 5.32 Å². The van der Waals surface area contributed by atoms with Gasteiger partial charge in [0.05, 0.1) is 17.1 Å². The number of aromatic nitrogens is 2. The fourth-order valence-electron chi connectivity index (χ4n) is 2.03. The van der Waals surface area contributed by atoms with Crippen molar-refractivity contribution >= 4 is 33.1 Å². The number of H-pyrrole nitrogens is 1. The first-order valence-electron chi connectivity index (χ1n) is 6.10. The molecule has 0 aliphatic rings. The van der Waals surface area contributed by atoms with Gasteiger partial charge in [-0.15, -0.1) is 0 Å². The Bertz CT molecular complexity index is 595. The molecule has 3 N–H and O–H groups in total. The van der Waals surface area contributed by atoms with Crippen molar-refractivity contribution < 1.29 is 9.90 Å². The molecule has 2 aromatic rings. The van der Waals surface area contributed by atoms with Crippen LogP contribution in [0.5, 0.6) is 0 Å². The van der Waals surface area contributed by atoms with Crippen LogP contribution in [0.3, 0.4) is 0 Å². The van der Waals surface area contributed by atoms with E-state index in [9.17, 15) is 4.79 Å². The Morgan fingerprint density at radius 2 is 2.26 bits per heavy atom. The van der Waals surface area contributed by atoms with Crippen LogP contribution in [0.25, 0.3) is 11.0 Å². The molecule has 1 aromatic carbocycles. The van der Waals surface area contributed by atoms with Gasteiger partial charge in [-0.25, -0.2) is 9.78 Å². The topological polar surface area (TPSA) is 78.0 Å². The van der Waals surface area contributed by atoms with Gasteiger partial charge in [-0.05, 0) is 30.5 Å². The summed E-state index contributed by atoms with van der Waals surface area (Å²) in [6.07, 6.45) is -0.333. The van der Waals surface area contributed by atoms with E-state index < -0.39 is 6.09 Å². The highest BCUT2D eigenvalue weighted by Gasteiger charge is 2.19. The molecular weight excluding hydrogens is 310 g/mol. The fourth-order valence-corrected chi connectivity index (χ4v) is 2.39. The lowest BCUT2D eigenvalue weighted by atomic mass is 10.0. The molecule has 6 heteroatoms. The van der Waals surface area contributed by atoms with Crippen molar-refractivity contribution in [2.75, 3.05) is 0 Å². The number of fused-ring (bicyclic) bond motifs is 1. The number of aromatic amines is 1. The van der Waals surface area contributed by atoms with E-state index in [0.717, 1.165) is 15.5 Å². The van der Waals surface area contributed by atoms with Crippen LogP contribution in [0.1, 0.15) is 32.1 Å². The second kappa shape index (κ2) is 5.61. The molecule has 1 atom stereocenters. The number of benzene rings is 1. The van der Waals surface area contributed by atoms with Crippen molar-refractivity contribution in [3.63, 3.8) is 0 Å². The third-order valence-electron chi connectivity index (χ3n) is 2.80. The Kier molecular flexibility index (Phi) is 4.09. The van der Waals surface area contributed by atoms with Gasteiger partial charge in [-0.1, -0.05) is 29.8 Å². The maximum absolute atomic E-state index is 10.9. The largest absolute Gasteiger partial charge is 0.465 e. The molecule has 0 aliphatic carbocycles. The van der Waals surface area contributed by atoms with Crippen LogP contribution in [0.15, 0.2) is 22.7 Å². The molecule has 5 nitrogen and oxygen atoms in total. The maximum atomic E-state index is 10.9. The molecule has 0 aliphatic heterocycles. The number of carbonyl (C=O) groups is 1. The third-order valence-corrected chi connectivity index (χ3v) is 3.29. The minimum atomic E-state index is -1.03. The Morgan fingerprint density at radius 1 is 1.53 bits per heavy atom. The summed E-state index contributed by atoms with van der Waals surface area (Å²) in [5.41, 5.74) is 1.73. The van der Waals surface area contributed by atoms with Crippen LogP contribution in [0.4, 0.5) is 4.79 Å². The van der Waals surface area contributed by atoms with Gasteiger partial charge in [0.15, 0.2) is 0 Å². The molecule has 0 spiro atoms. The lowest BCUT2D eigenvalue weighted by Gasteiger charge is -2.16. The molecule has 19 heavy (non-hydrogen) atoms. The van der Waals surface area contributed by atoms with Gasteiger partial charge in [-0.2, -0.15) is 0 Å². The third kappa shape index (κ3) is 3.47. The molecule has 1 heterocycles. The van der Waals surface area contributed by atoms with Crippen LogP contribution in [-0.4, -0.2) is 21.2 Å². The highest BCUT2D eigenvalue weighted by atomic mass is 79.9. The lowest BCUT2D eigenvalue weighted by Crippen LogP contribution is -2.28. The molecule has 1 amide bonds. The smallest absolute Gasteiger partial charge is 0.405 e. The van der Waals surface area contributed by atoms with Gasteiger partial charge >= 0.3 is 6.09 Å². The van der Waals surface area contributed by atoms with E-state index in [2.05, 4.69) is 45.1 Å². The van der Waals surface area contributed by atoms with Gasteiger partial charge in [0.25, 0.3) is 0 Å². The van der Waals surface area contributed by atoms with Gasteiger partial charge in [-0.3, -0.25) is 0 Å². The number of hydrogen-bond acceptors (Lipinski definition) is 2. The average Bonchev–Trinajstić information content (AvgIpc) is 2.69. The first-order chi connectivity index (χ1) is 8.95. The van der Waals surface area contributed by atoms with Crippen molar-refractivity contribution in [2.24, 2.45) is 5.92 Å². The molecule has 0 fully saturated rings. The minimum absolute atomic E-state index is 0.316. The fraction of sp³-hybridized carbons (Fsp3) is 0.385. The van der Waals surface area contributed by atoms with Crippen LogP contribution in [0.2, 0.25) is 0 Å². The first-order valence-corrected chi connectivity index (χ1v) is 6.89. The van der Waals surface area contributed by atoms with E-state index in [4.69, 9.17) is 5.11 Å². The van der Waals surface area contributed by atoms with E-state index in [1.54, 1.807) is 0 Å². The SMILES string of the molecule is CC(C)CC(NC(=O)O)c1nc2ccc(Br)cc2[nH]1. The van der Waals surface area contributed by atoms with Gasteiger partial charge in [0.1, 0.15) is 5.82 Å². The molecule has 0 radical (unpaired) electrons. The Balaban J connectivity index is 2.34. The predicted molar refractivity (Wildman–Crippen MR) is 77.2 cm³/mol. The average molecular weight is 326 g/mol. The quantitative estimate of drug-likeness (QED) is 0.802. The molecule has 1 unspecified atom stereocenters. The van der Waals surface area contributed by atoms with E-state index >= 15 is 0 Å². The Hall–Kier alpha value is -1.56. The number of amides is 1. The molecule has 0 saturated heterocycles. The van der Waals surface area contributed by atoms with Crippen LogP contribution >= 0.6 is 15.9 Å². The summed E-state index contributed by atoms with van der Waals surface area (Å²) in [7, 11) is 0. The highest BCUT2D eigenvalue weighted by Crippen LogP contribution is 2.23. The van der Waals surface area contributed by atoms with Crippen molar-refractivity contribution in [2.45, 2.75) is 26.3 Å². The summed E-state index contributed by atoms with van der Waals surface area (Å²) < 4.78 is 0.960. The zero-order chi connectivity index (χ0) is 14.0. The minimum Gasteiger partial charge on any atom is -0.465 e. The number of halogens is 1. The highest BCUT2D eigenvalue weighted by molar-refractivity contribution is 9.10. The zero-order valence-corrected chi connectivity index (χ0v) is 12.4. The molecule has 1 aromatic heterocycles. The van der Waals surface area contributed by atoms with E-state index in [1.165, 1.54) is 0 Å². The van der Waals surface area contributed by atoms with Crippen LogP contribution in [0, 0.1) is 5.92 Å². The standard InChI is InChI=1S/C13H16BrN3O2/c1-7(2)5-11(17-13(18)19)12-15-9-4-3-8(14)6-10(9)16-12/h3-4,6-7,11,17H,5H2,1-2H3,(H,15,16)(H,18,19). The predicted octanol–water partition coefficient (Wildman–Crippen LogP) is 3.68. The second-order valence-electron chi connectivity index (χ2n) is 4.92. The number of nitrogens with zero attached hydrogens (tertiary/aromatic N) is 1. The van der Waals surface area contributed by atoms with Crippen molar-refractivity contribution in [3.8, 4) is 0 Å². The summed E-state index contributed by atoms with van der Waals surface area (Å²) in [6, 6.07) is 5.42. The van der Waals surface area contributed by atoms with Crippen molar-refractivity contribution in [1.82, 2.24) is 15.3 Å². The van der Waals surface area contributed by atoms with Gasteiger partial charge < -0.3 is 15.4 Å². The lowest BCUT2D eigenvalue weighted by molar-refractivity contribution is 0.187. The molecule has 0 bridgehead atoms. The maximum Gasteiger partial charge on any atom is 0.405 e. The Labute approximate surface area is 119 Å². The summed E-state index contributed by atoms with van der Waals surface area (Å²) in [5.74, 6) is 1.03. The number of rotatable bonds is 4. The normalized spacial score (nSPS) is 12.8. The van der Waals surface area contributed by atoms with Gasteiger partial charge in [0.2, 0.25) is 0 Å². The summed E-state index contributed by atoms with van der Waals surface area (Å²) in [5, 5.41) is 11.4. The van der Waals surface area contributed by atoms with Crippen molar-refractivity contribution in [1.29, 1.82) is 0 Å². The van der Waals surface area contributed by atoms with Crippen LogP contribution in [-0.2, 0) is 0 Å².